The number of amides is 1. The van der Waals surface area contributed by atoms with Crippen LogP contribution in [0.2, 0.25) is 0 Å². The molecule has 0 bridgehead atoms. The number of aromatic amines is 1. The highest BCUT2D eigenvalue weighted by Gasteiger charge is 2.11. The van der Waals surface area contributed by atoms with Gasteiger partial charge in [-0.15, -0.1) is 5.10 Å². The summed E-state index contributed by atoms with van der Waals surface area (Å²) < 4.78 is 14.8. The van der Waals surface area contributed by atoms with Gasteiger partial charge in [0.25, 0.3) is 0 Å². The molecule has 1 heterocycles. The van der Waals surface area contributed by atoms with Crippen molar-refractivity contribution in [3.05, 3.63) is 57.9 Å². The Morgan fingerprint density at radius 2 is 1.96 bits per heavy atom. The van der Waals surface area contributed by atoms with Crippen LogP contribution in [-0.4, -0.2) is 26.8 Å². The van der Waals surface area contributed by atoms with Crippen LogP contribution in [0.25, 0.3) is 11.4 Å². The maximum absolute atomic E-state index is 13.7. The average molecular weight is 454 g/mol. The largest absolute Gasteiger partial charge is 0.325 e. The zero-order valence-corrected chi connectivity index (χ0v) is 15.3. The number of carbonyl (C=O) groups is 1. The number of hydrogen-bond acceptors (Lipinski definition) is 4. The number of carbonyl (C=O) groups excluding carboxylic acids is 1. The van der Waals surface area contributed by atoms with E-state index in [0.717, 1.165) is 9.26 Å². The predicted molar refractivity (Wildman–Crippen MR) is 100 cm³/mol. The summed E-state index contributed by atoms with van der Waals surface area (Å²) in [5, 5.41) is 9.88. The van der Waals surface area contributed by atoms with Gasteiger partial charge in [-0.25, -0.2) is 9.37 Å². The van der Waals surface area contributed by atoms with Gasteiger partial charge in [-0.1, -0.05) is 23.9 Å². The van der Waals surface area contributed by atoms with Crippen LogP contribution in [0.1, 0.15) is 0 Å². The second kappa shape index (κ2) is 7.75. The zero-order chi connectivity index (χ0) is 16.9. The molecule has 0 spiro atoms. The van der Waals surface area contributed by atoms with Crippen LogP contribution in [0.4, 0.5) is 10.1 Å². The number of aromatic nitrogens is 3. The molecular weight excluding hydrogens is 442 g/mol. The van der Waals surface area contributed by atoms with Crippen molar-refractivity contribution in [2.45, 2.75) is 5.16 Å². The second-order valence-electron chi connectivity index (χ2n) is 4.79. The Kier molecular flexibility index (Phi) is 5.46. The van der Waals surface area contributed by atoms with Gasteiger partial charge in [0, 0.05) is 9.26 Å². The van der Waals surface area contributed by atoms with Crippen molar-refractivity contribution in [3.8, 4) is 11.4 Å². The molecule has 8 heteroatoms. The summed E-state index contributed by atoms with van der Waals surface area (Å²) in [5.41, 5.74) is 1.09. The molecule has 0 aliphatic rings. The summed E-state index contributed by atoms with van der Waals surface area (Å²) in [7, 11) is 0. The number of H-pyrrole nitrogens is 1. The fraction of sp³-hybridized carbons (Fsp3) is 0.0625. The topological polar surface area (TPSA) is 70.7 Å². The summed E-state index contributed by atoms with van der Waals surface area (Å²) in [6.45, 7) is 0. The third-order valence-corrected chi connectivity index (χ3v) is 4.62. The lowest BCUT2D eigenvalue weighted by Crippen LogP contribution is -2.14. The molecule has 3 aromatic rings. The Hall–Kier alpha value is -1.94. The molecule has 0 radical (unpaired) electrons. The maximum Gasteiger partial charge on any atom is 0.234 e. The number of halogens is 2. The molecule has 0 atom stereocenters. The smallest absolute Gasteiger partial charge is 0.234 e. The van der Waals surface area contributed by atoms with Crippen LogP contribution < -0.4 is 5.32 Å². The van der Waals surface area contributed by atoms with Crippen LogP contribution in [0.15, 0.2) is 53.7 Å². The highest BCUT2D eigenvalue weighted by atomic mass is 127. The van der Waals surface area contributed by atoms with E-state index in [-0.39, 0.29) is 17.5 Å². The number of rotatable bonds is 5. The van der Waals surface area contributed by atoms with E-state index < -0.39 is 0 Å². The summed E-state index contributed by atoms with van der Waals surface area (Å²) in [6, 6.07) is 13.8. The average Bonchev–Trinajstić information content (AvgIpc) is 3.04. The summed E-state index contributed by atoms with van der Waals surface area (Å²) in [5.74, 6) is -0.0191. The van der Waals surface area contributed by atoms with Gasteiger partial charge in [-0.3, -0.25) is 9.89 Å². The molecule has 0 fully saturated rings. The van der Waals surface area contributed by atoms with Gasteiger partial charge in [0.05, 0.1) is 11.3 Å². The third kappa shape index (κ3) is 4.32. The van der Waals surface area contributed by atoms with E-state index in [4.69, 9.17) is 0 Å². The number of hydrogen-bond donors (Lipinski definition) is 2. The van der Waals surface area contributed by atoms with E-state index in [1.807, 2.05) is 24.3 Å². The van der Waals surface area contributed by atoms with Gasteiger partial charge >= 0.3 is 0 Å². The Labute approximate surface area is 155 Å². The molecule has 24 heavy (non-hydrogen) atoms. The summed E-state index contributed by atoms with van der Waals surface area (Å²) in [4.78, 5) is 16.1. The molecule has 5 nitrogen and oxygen atoms in total. The van der Waals surface area contributed by atoms with E-state index in [9.17, 15) is 9.18 Å². The molecule has 2 N–H and O–H groups in total. The van der Waals surface area contributed by atoms with E-state index in [2.05, 4.69) is 43.1 Å². The molecule has 0 aliphatic carbocycles. The molecule has 3 rings (SSSR count). The number of anilines is 1. The van der Waals surface area contributed by atoms with Gasteiger partial charge in [0.2, 0.25) is 11.1 Å². The Balaban J connectivity index is 1.58. The van der Waals surface area contributed by atoms with E-state index >= 15 is 0 Å². The highest BCUT2D eigenvalue weighted by Crippen LogP contribution is 2.21. The van der Waals surface area contributed by atoms with Gasteiger partial charge in [0.1, 0.15) is 5.82 Å². The molecular formula is C16H12FIN4OS. The maximum atomic E-state index is 13.7. The van der Waals surface area contributed by atoms with Crippen LogP contribution in [0.3, 0.4) is 0 Å². The van der Waals surface area contributed by atoms with Crippen molar-refractivity contribution >= 4 is 45.9 Å². The molecule has 1 aromatic heterocycles. The number of nitrogens with zero attached hydrogens (tertiary/aromatic N) is 2. The van der Waals surface area contributed by atoms with Crippen LogP contribution in [-0.2, 0) is 4.79 Å². The first kappa shape index (κ1) is 16.9. The van der Waals surface area contributed by atoms with Crippen LogP contribution in [0, 0.1) is 9.39 Å². The quantitative estimate of drug-likeness (QED) is 0.453. The summed E-state index contributed by atoms with van der Waals surface area (Å²) in [6.07, 6.45) is 0. The molecule has 122 valence electrons. The molecule has 0 saturated carbocycles. The van der Waals surface area contributed by atoms with Gasteiger partial charge in [-0.2, -0.15) is 0 Å². The molecule has 0 saturated heterocycles. The van der Waals surface area contributed by atoms with E-state index in [1.165, 1.54) is 17.8 Å². The second-order valence-corrected chi connectivity index (χ2v) is 6.98. The SMILES string of the molecule is O=C(CSc1n[nH]c(-c2ccccc2F)n1)Nc1ccc(I)cc1. The first-order valence-electron chi connectivity index (χ1n) is 6.97. The minimum atomic E-state index is -0.373. The Morgan fingerprint density at radius 1 is 1.21 bits per heavy atom. The first-order chi connectivity index (χ1) is 11.6. The first-order valence-corrected chi connectivity index (χ1v) is 9.04. The van der Waals surface area contributed by atoms with Crippen molar-refractivity contribution in [3.63, 3.8) is 0 Å². The van der Waals surface area contributed by atoms with E-state index in [1.54, 1.807) is 18.2 Å². The fourth-order valence-corrected chi connectivity index (χ4v) is 2.90. The Bertz CT molecular complexity index is 853. The van der Waals surface area contributed by atoms with Gasteiger partial charge < -0.3 is 5.32 Å². The molecule has 0 aliphatic heterocycles. The lowest BCUT2D eigenvalue weighted by molar-refractivity contribution is -0.113. The molecule has 1 amide bonds. The van der Waals surface area contributed by atoms with Crippen molar-refractivity contribution in [2.75, 3.05) is 11.1 Å². The van der Waals surface area contributed by atoms with Gasteiger partial charge in [0.15, 0.2) is 5.82 Å². The monoisotopic (exact) mass is 454 g/mol. The minimum Gasteiger partial charge on any atom is -0.325 e. The lowest BCUT2D eigenvalue weighted by atomic mass is 10.2. The predicted octanol–water partition coefficient (Wildman–Crippen LogP) is 3.95. The van der Waals surface area contributed by atoms with Crippen molar-refractivity contribution in [2.24, 2.45) is 0 Å². The van der Waals surface area contributed by atoms with Crippen molar-refractivity contribution in [1.82, 2.24) is 15.2 Å². The Morgan fingerprint density at radius 3 is 2.71 bits per heavy atom. The molecule has 2 aromatic carbocycles. The number of thioether (sulfide) groups is 1. The van der Waals surface area contributed by atoms with Gasteiger partial charge in [-0.05, 0) is 59.0 Å². The van der Waals surface area contributed by atoms with Crippen molar-refractivity contribution < 1.29 is 9.18 Å². The standard InChI is InChI=1S/C16H12FIN4OS/c17-13-4-2-1-3-12(13)15-20-16(22-21-15)24-9-14(23)19-11-7-5-10(18)6-8-11/h1-8H,9H2,(H,19,23)(H,20,21,22). The van der Waals surface area contributed by atoms with Crippen LogP contribution in [0.5, 0.6) is 0 Å². The van der Waals surface area contributed by atoms with Crippen molar-refractivity contribution in [1.29, 1.82) is 0 Å². The van der Waals surface area contributed by atoms with E-state index in [0.29, 0.717) is 16.5 Å². The highest BCUT2D eigenvalue weighted by molar-refractivity contribution is 14.1. The normalized spacial score (nSPS) is 10.6. The van der Waals surface area contributed by atoms with Crippen LogP contribution >= 0.6 is 34.4 Å². The number of nitrogens with one attached hydrogen (secondary N) is 2. The minimum absolute atomic E-state index is 0.154. The molecule has 0 unspecified atom stereocenters. The fourth-order valence-electron chi connectivity index (χ4n) is 1.95. The summed E-state index contributed by atoms with van der Waals surface area (Å²) >= 11 is 3.38. The number of benzene rings is 2. The lowest BCUT2D eigenvalue weighted by Gasteiger charge is -2.03. The zero-order valence-electron chi connectivity index (χ0n) is 12.3. The third-order valence-electron chi connectivity index (χ3n) is 3.05.